The minimum absolute atomic E-state index is 0.106. The maximum absolute atomic E-state index is 12.6. The van der Waals surface area contributed by atoms with E-state index in [1.165, 1.54) is 4.90 Å². The van der Waals surface area contributed by atoms with Crippen LogP contribution in [0.1, 0.15) is 37.1 Å². The zero-order chi connectivity index (χ0) is 24.0. The van der Waals surface area contributed by atoms with Gasteiger partial charge in [-0.05, 0) is 56.1 Å². The smallest absolute Gasteiger partial charge is 0.233 e. The standard InChI is InChI=1S/C26H28ClN3O3S/c1-14-9-17(27)10-21(23(14)33-18-5-4-7-28-12-18)20-6-8-29-22-11-19(34-24(20)22)13-30-25(31)15(2)16(3)26(30)32/h6,8-11,15-16,18,28H,4-5,7,12-13H2,1-3H3/t15?,16?,18-/m0/s1. The van der Waals surface area contributed by atoms with Crippen LogP contribution in [0, 0.1) is 18.8 Å². The van der Waals surface area contributed by atoms with Crippen LogP contribution in [0.2, 0.25) is 5.02 Å². The SMILES string of the molecule is Cc1cc(Cl)cc(-c2ccnc3cc(CN4C(=O)C(C)C(C)C4=O)sc23)c1O[C@H]1CCCNC1. The van der Waals surface area contributed by atoms with Crippen molar-refractivity contribution in [1.29, 1.82) is 0 Å². The van der Waals surface area contributed by atoms with Crippen molar-refractivity contribution in [3.63, 3.8) is 0 Å². The second-order valence-corrected chi connectivity index (χ2v) is 10.9. The van der Waals surface area contributed by atoms with Gasteiger partial charge in [-0.15, -0.1) is 11.3 Å². The second kappa shape index (κ2) is 9.29. The quantitative estimate of drug-likeness (QED) is 0.491. The molecule has 0 radical (unpaired) electrons. The summed E-state index contributed by atoms with van der Waals surface area (Å²) in [6, 6.07) is 7.84. The molecular formula is C26H28ClN3O3S. The minimum Gasteiger partial charge on any atom is -0.488 e. The van der Waals surface area contributed by atoms with Gasteiger partial charge in [0.05, 0.1) is 16.8 Å². The van der Waals surface area contributed by atoms with Crippen molar-refractivity contribution in [1.82, 2.24) is 15.2 Å². The topological polar surface area (TPSA) is 71.5 Å². The molecule has 2 saturated heterocycles. The van der Waals surface area contributed by atoms with Crippen LogP contribution in [-0.2, 0) is 16.1 Å². The molecule has 0 saturated carbocycles. The number of piperidine rings is 1. The first-order valence-corrected chi connectivity index (χ1v) is 12.9. The number of hydrogen-bond acceptors (Lipinski definition) is 6. The van der Waals surface area contributed by atoms with Gasteiger partial charge in [0.25, 0.3) is 0 Å². The number of amides is 2. The summed E-state index contributed by atoms with van der Waals surface area (Å²) in [4.78, 5) is 32.1. The summed E-state index contributed by atoms with van der Waals surface area (Å²) >= 11 is 8.04. The van der Waals surface area contributed by atoms with Crippen molar-refractivity contribution < 1.29 is 14.3 Å². The normalized spacial score (nSPS) is 23.2. The monoisotopic (exact) mass is 497 g/mol. The molecule has 2 aliphatic heterocycles. The highest BCUT2D eigenvalue weighted by molar-refractivity contribution is 7.19. The van der Waals surface area contributed by atoms with E-state index in [9.17, 15) is 9.59 Å². The molecule has 0 spiro atoms. The zero-order valence-electron chi connectivity index (χ0n) is 19.6. The van der Waals surface area contributed by atoms with E-state index in [4.69, 9.17) is 16.3 Å². The highest BCUT2D eigenvalue weighted by Crippen LogP contribution is 2.42. The van der Waals surface area contributed by atoms with E-state index in [0.717, 1.165) is 63.5 Å². The molecule has 2 fully saturated rings. The number of benzene rings is 1. The van der Waals surface area contributed by atoms with Crippen LogP contribution in [0.5, 0.6) is 5.75 Å². The molecule has 1 aromatic carbocycles. The number of fused-ring (bicyclic) bond motifs is 1. The van der Waals surface area contributed by atoms with E-state index in [0.29, 0.717) is 5.02 Å². The third kappa shape index (κ3) is 4.21. The Bertz CT molecular complexity index is 1250. The van der Waals surface area contributed by atoms with E-state index in [-0.39, 0.29) is 36.3 Å². The van der Waals surface area contributed by atoms with Crippen LogP contribution in [0.25, 0.3) is 21.3 Å². The van der Waals surface area contributed by atoms with Crippen LogP contribution in [0.15, 0.2) is 30.5 Å². The Balaban J connectivity index is 1.53. The van der Waals surface area contributed by atoms with Gasteiger partial charge in [-0.3, -0.25) is 19.5 Å². The fourth-order valence-corrected chi connectivity index (χ4v) is 6.19. The van der Waals surface area contributed by atoms with Gasteiger partial charge in [0.1, 0.15) is 11.9 Å². The van der Waals surface area contributed by atoms with Crippen molar-refractivity contribution in [3.8, 4) is 16.9 Å². The molecule has 5 rings (SSSR count). The van der Waals surface area contributed by atoms with E-state index in [2.05, 4.69) is 10.3 Å². The van der Waals surface area contributed by atoms with Gasteiger partial charge >= 0.3 is 0 Å². The Morgan fingerprint density at radius 2 is 1.94 bits per heavy atom. The van der Waals surface area contributed by atoms with Gasteiger partial charge in [-0.2, -0.15) is 0 Å². The van der Waals surface area contributed by atoms with Gasteiger partial charge in [0, 0.05) is 45.6 Å². The molecule has 34 heavy (non-hydrogen) atoms. The number of aryl methyl sites for hydroxylation is 1. The summed E-state index contributed by atoms with van der Waals surface area (Å²) in [6.45, 7) is 7.78. The van der Waals surface area contributed by atoms with E-state index in [1.807, 2.05) is 45.0 Å². The summed E-state index contributed by atoms with van der Waals surface area (Å²) in [5.74, 6) is 0.0711. The second-order valence-electron chi connectivity index (χ2n) is 9.31. The molecule has 0 aliphatic carbocycles. The fourth-order valence-electron chi connectivity index (χ4n) is 4.79. The van der Waals surface area contributed by atoms with Gasteiger partial charge in [0.2, 0.25) is 11.8 Å². The number of imide groups is 1. The Hall–Kier alpha value is -2.48. The van der Waals surface area contributed by atoms with Crippen molar-refractivity contribution >= 4 is 45.0 Å². The lowest BCUT2D eigenvalue weighted by molar-refractivity contribution is -0.140. The lowest BCUT2D eigenvalue weighted by atomic mass is 10.00. The molecule has 8 heteroatoms. The summed E-state index contributed by atoms with van der Waals surface area (Å²) in [5.41, 5.74) is 3.75. The first kappa shape index (κ1) is 23.3. The number of thiophene rings is 1. The van der Waals surface area contributed by atoms with Gasteiger partial charge < -0.3 is 10.1 Å². The lowest BCUT2D eigenvalue weighted by Gasteiger charge is -2.26. The predicted molar refractivity (Wildman–Crippen MR) is 135 cm³/mol. The summed E-state index contributed by atoms with van der Waals surface area (Å²) in [6.07, 6.45) is 4.00. The fraction of sp³-hybridized carbons (Fsp3) is 0.423. The third-order valence-electron chi connectivity index (χ3n) is 6.90. The van der Waals surface area contributed by atoms with Crippen molar-refractivity contribution in [2.75, 3.05) is 13.1 Å². The molecule has 6 nitrogen and oxygen atoms in total. The number of hydrogen-bond donors (Lipinski definition) is 1. The van der Waals surface area contributed by atoms with Crippen LogP contribution in [-0.4, -0.2) is 40.9 Å². The number of ether oxygens (including phenoxy) is 1. The molecule has 1 N–H and O–H groups in total. The number of halogens is 1. The molecule has 0 bridgehead atoms. The number of likely N-dealkylation sites (tertiary alicyclic amines) is 1. The molecule has 2 aromatic heterocycles. The molecule has 3 aromatic rings. The molecule has 2 amide bonds. The Morgan fingerprint density at radius 1 is 1.18 bits per heavy atom. The van der Waals surface area contributed by atoms with Crippen LogP contribution < -0.4 is 10.1 Å². The van der Waals surface area contributed by atoms with Crippen LogP contribution in [0.4, 0.5) is 0 Å². The highest BCUT2D eigenvalue weighted by Gasteiger charge is 2.42. The lowest BCUT2D eigenvalue weighted by Crippen LogP contribution is -2.37. The van der Waals surface area contributed by atoms with Crippen molar-refractivity contribution in [2.45, 2.75) is 46.3 Å². The van der Waals surface area contributed by atoms with E-state index >= 15 is 0 Å². The van der Waals surface area contributed by atoms with Crippen LogP contribution >= 0.6 is 22.9 Å². The maximum Gasteiger partial charge on any atom is 0.233 e. The molecule has 3 atom stereocenters. The van der Waals surface area contributed by atoms with Crippen molar-refractivity contribution in [3.05, 3.63) is 45.9 Å². The summed E-state index contributed by atoms with van der Waals surface area (Å²) in [5, 5.41) is 4.06. The average Bonchev–Trinajstić information content (AvgIpc) is 3.32. The Morgan fingerprint density at radius 3 is 2.65 bits per heavy atom. The minimum atomic E-state index is -0.279. The van der Waals surface area contributed by atoms with Crippen LogP contribution in [0.3, 0.4) is 0 Å². The van der Waals surface area contributed by atoms with Gasteiger partial charge in [-0.1, -0.05) is 25.4 Å². The van der Waals surface area contributed by atoms with Crippen molar-refractivity contribution in [2.24, 2.45) is 11.8 Å². The summed E-state index contributed by atoms with van der Waals surface area (Å²) in [7, 11) is 0. The number of rotatable bonds is 5. The molecule has 4 heterocycles. The highest BCUT2D eigenvalue weighted by atomic mass is 35.5. The Labute approximate surface area is 208 Å². The van der Waals surface area contributed by atoms with Gasteiger partial charge in [0.15, 0.2) is 0 Å². The van der Waals surface area contributed by atoms with Gasteiger partial charge in [-0.25, -0.2) is 0 Å². The number of pyridine rings is 1. The first-order chi connectivity index (χ1) is 16.3. The number of carbonyl (C=O) groups excluding carboxylic acids is 2. The number of carbonyl (C=O) groups is 2. The first-order valence-electron chi connectivity index (χ1n) is 11.7. The largest absolute Gasteiger partial charge is 0.488 e. The molecule has 178 valence electrons. The zero-order valence-corrected chi connectivity index (χ0v) is 21.1. The van der Waals surface area contributed by atoms with E-state index < -0.39 is 0 Å². The number of nitrogens with zero attached hydrogens (tertiary/aromatic N) is 2. The molecular weight excluding hydrogens is 470 g/mol. The number of nitrogens with one attached hydrogen (secondary N) is 1. The molecule has 2 unspecified atom stereocenters. The number of aromatic nitrogens is 1. The van der Waals surface area contributed by atoms with E-state index in [1.54, 1.807) is 17.5 Å². The average molecular weight is 498 g/mol. The Kier molecular flexibility index (Phi) is 6.35. The maximum atomic E-state index is 12.6. The predicted octanol–water partition coefficient (Wildman–Crippen LogP) is 5.20. The molecule has 2 aliphatic rings. The summed E-state index contributed by atoms with van der Waals surface area (Å²) < 4.78 is 7.50. The third-order valence-corrected chi connectivity index (χ3v) is 8.26.